The van der Waals surface area contributed by atoms with E-state index in [1.54, 1.807) is 23.2 Å². The minimum atomic E-state index is -0.752. The van der Waals surface area contributed by atoms with Crippen LogP contribution < -0.4 is 9.64 Å². The van der Waals surface area contributed by atoms with Crippen molar-refractivity contribution in [3.63, 3.8) is 0 Å². The molecule has 0 unspecified atom stereocenters. The van der Waals surface area contributed by atoms with Gasteiger partial charge in [-0.1, -0.05) is 12.1 Å². The van der Waals surface area contributed by atoms with Gasteiger partial charge in [0.05, 0.1) is 13.2 Å². The fourth-order valence-electron chi connectivity index (χ4n) is 3.91. The number of aromatic nitrogens is 1. The minimum absolute atomic E-state index is 0.0691. The topological polar surface area (TPSA) is 50.0 Å². The Morgan fingerprint density at radius 1 is 1.16 bits per heavy atom. The van der Waals surface area contributed by atoms with Gasteiger partial charge in [-0.05, 0) is 80.7 Å². The van der Waals surface area contributed by atoms with E-state index >= 15 is 0 Å². The Bertz CT molecular complexity index is 1250. The molecule has 3 aromatic rings. The number of carbonyl (C=O) groups is 1. The van der Waals surface area contributed by atoms with Crippen molar-refractivity contribution in [3.8, 4) is 5.75 Å². The van der Waals surface area contributed by atoms with Gasteiger partial charge < -0.3 is 9.64 Å². The Labute approximate surface area is 193 Å². The zero-order chi connectivity index (χ0) is 22.9. The highest BCUT2D eigenvalue weighted by atomic mass is 32.1. The first-order valence-corrected chi connectivity index (χ1v) is 10.8. The maximum absolute atomic E-state index is 13.2. The summed E-state index contributed by atoms with van der Waals surface area (Å²) in [4.78, 5) is 24.4. The largest absolute Gasteiger partial charge is 0.494 e. The fourth-order valence-corrected chi connectivity index (χ4v) is 4.42. The van der Waals surface area contributed by atoms with E-state index in [-0.39, 0.29) is 5.91 Å². The molecule has 1 aliphatic heterocycles. The van der Waals surface area contributed by atoms with Crippen molar-refractivity contribution >= 4 is 45.4 Å². The van der Waals surface area contributed by atoms with E-state index in [4.69, 9.17) is 23.5 Å². The van der Waals surface area contributed by atoms with E-state index in [2.05, 4.69) is 9.83 Å². The number of amides is 1. The summed E-state index contributed by atoms with van der Waals surface area (Å²) in [7, 11) is 0. The molecule has 0 radical (unpaired) electrons. The maximum atomic E-state index is 13.2. The Morgan fingerprint density at radius 3 is 2.72 bits per heavy atom. The Balaban J connectivity index is 1.42. The minimum Gasteiger partial charge on any atom is -0.494 e. The van der Waals surface area contributed by atoms with Crippen LogP contribution in [0.5, 0.6) is 5.75 Å². The van der Waals surface area contributed by atoms with Crippen molar-refractivity contribution in [2.45, 2.75) is 32.7 Å². The van der Waals surface area contributed by atoms with Crippen molar-refractivity contribution in [1.29, 1.82) is 0 Å². The molecule has 4 rings (SSSR count). The van der Waals surface area contributed by atoms with Crippen LogP contribution in [0.4, 0.5) is 11.4 Å². The Hall–Kier alpha value is -3.50. The van der Waals surface area contributed by atoms with Crippen LogP contribution in [-0.2, 0) is 4.79 Å². The average molecular weight is 445 g/mol. The molecule has 162 valence electrons. The third kappa shape index (κ3) is 3.90. The van der Waals surface area contributed by atoms with E-state index in [1.807, 2.05) is 62.2 Å². The number of aryl methyl sites for hydroxylation is 1. The summed E-state index contributed by atoms with van der Waals surface area (Å²) < 4.78 is 5.93. The van der Waals surface area contributed by atoms with E-state index in [0.29, 0.717) is 36.1 Å². The number of hydrogen-bond donors (Lipinski definition) is 0. The summed E-state index contributed by atoms with van der Waals surface area (Å²) in [5.74, 6) is 0.724. The number of benzene rings is 2. The van der Waals surface area contributed by atoms with Crippen LogP contribution in [0.25, 0.3) is 15.6 Å². The van der Waals surface area contributed by atoms with Crippen molar-refractivity contribution in [2.75, 3.05) is 18.1 Å². The molecule has 2 heterocycles. The van der Waals surface area contributed by atoms with Crippen LogP contribution in [0.1, 0.15) is 25.8 Å². The first kappa shape index (κ1) is 21.7. The van der Waals surface area contributed by atoms with Crippen LogP contribution in [-0.4, -0.2) is 39.6 Å². The van der Waals surface area contributed by atoms with Crippen molar-refractivity contribution in [2.24, 2.45) is 0 Å². The highest BCUT2D eigenvalue weighted by Crippen LogP contribution is 2.34. The normalized spacial score (nSPS) is 15.3. The zero-order valence-corrected chi connectivity index (χ0v) is 19.1. The van der Waals surface area contributed by atoms with Gasteiger partial charge in [0.25, 0.3) is 5.91 Å². The number of carbonyl (C=O) groups excluding carboxylic acids is 1. The second kappa shape index (κ2) is 8.56. The third-order valence-corrected chi connectivity index (χ3v) is 6.19. The van der Waals surface area contributed by atoms with Gasteiger partial charge >= 0.3 is 0 Å². The van der Waals surface area contributed by atoms with Crippen LogP contribution in [0.3, 0.4) is 0 Å². The number of hydrogen-bond acceptors (Lipinski definition) is 4. The molecule has 0 spiro atoms. The summed E-state index contributed by atoms with van der Waals surface area (Å²) >= 11 is 5.69. The number of anilines is 1. The first-order chi connectivity index (χ1) is 15.3. The number of pyridine rings is 1. The van der Waals surface area contributed by atoms with Gasteiger partial charge in [-0.25, -0.2) is 4.85 Å². The fraction of sp³-hybridized carbons (Fsp3) is 0.280. The molecule has 1 fully saturated rings. The lowest BCUT2D eigenvalue weighted by atomic mass is 10.0. The predicted molar refractivity (Wildman–Crippen MR) is 130 cm³/mol. The lowest BCUT2D eigenvalue weighted by Crippen LogP contribution is -2.44. The smallest absolute Gasteiger partial charge is 0.258 e. The van der Waals surface area contributed by atoms with Crippen LogP contribution >= 0.6 is 12.2 Å². The molecule has 1 aliphatic rings. The van der Waals surface area contributed by atoms with Gasteiger partial charge in [-0.15, -0.1) is 0 Å². The van der Waals surface area contributed by atoms with Gasteiger partial charge in [0.15, 0.2) is 10.8 Å². The second-order valence-electron chi connectivity index (χ2n) is 8.30. The third-order valence-electron chi connectivity index (χ3n) is 5.79. The predicted octanol–water partition coefficient (Wildman–Crippen LogP) is 5.28. The summed E-state index contributed by atoms with van der Waals surface area (Å²) in [6.45, 7) is 14.0. The van der Waals surface area contributed by atoms with Crippen molar-refractivity contribution in [3.05, 3.63) is 71.8 Å². The van der Waals surface area contributed by atoms with E-state index in [0.717, 1.165) is 22.1 Å². The highest BCUT2D eigenvalue weighted by molar-refractivity contribution is 7.80. The number of rotatable bonds is 6. The summed E-state index contributed by atoms with van der Waals surface area (Å²) in [5, 5.41) is 2.63. The molecule has 2 aromatic carbocycles. The van der Waals surface area contributed by atoms with Gasteiger partial charge in [0.2, 0.25) is 0 Å². The molecule has 1 aromatic heterocycles. The van der Waals surface area contributed by atoms with Gasteiger partial charge in [-0.3, -0.25) is 14.7 Å². The van der Waals surface area contributed by atoms with Crippen molar-refractivity contribution in [1.82, 2.24) is 9.88 Å². The Morgan fingerprint density at radius 2 is 1.97 bits per heavy atom. The SMILES string of the molecule is [C-]#[N+]c1ccc(N2C(=O)C(C)(C)N(CCCOc3ccc4ccncc4c3)C2=S)cc1C. The van der Waals surface area contributed by atoms with E-state index in [9.17, 15) is 4.79 Å². The lowest BCUT2D eigenvalue weighted by molar-refractivity contribution is -0.123. The molecule has 7 heteroatoms. The maximum Gasteiger partial charge on any atom is 0.258 e. The van der Waals surface area contributed by atoms with E-state index < -0.39 is 5.54 Å². The van der Waals surface area contributed by atoms with E-state index in [1.165, 1.54) is 0 Å². The molecule has 32 heavy (non-hydrogen) atoms. The van der Waals surface area contributed by atoms with Crippen LogP contribution in [0, 0.1) is 13.5 Å². The molecule has 0 aliphatic carbocycles. The summed E-state index contributed by atoms with van der Waals surface area (Å²) in [5.41, 5.74) is 1.34. The van der Waals surface area contributed by atoms with Crippen LogP contribution in [0.15, 0.2) is 54.9 Å². The molecular weight excluding hydrogens is 420 g/mol. The average Bonchev–Trinajstić information content (AvgIpc) is 2.95. The number of fused-ring (bicyclic) bond motifs is 1. The monoisotopic (exact) mass is 444 g/mol. The van der Waals surface area contributed by atoms with Gasteiger partial charge in [0, 0.05) is 30.0 Å². The quantitative estimate of drug-likeness (QED) is 0.294. The zero-order valence-electron chi connectivity index (χ0n) is 18.3. The molecule has 0 N–H and O–H groups in total. The van der Waals surface area contributed by atoms with Crippen molar-refractivity contribution < 1.29 is 9.53 Å². The Kier molecular flexibility index (Phi) is 5.81. The van der Waals surface area contributed by atoms with Gasteiger partial charge in [-0.2, -0.15) is 0 Å². The molecule has 6 nitrogen and oxygen atoms in total. The first-order valence-electron chi connectivity index (χ1n) is 10.4. The molecule has 0 bridgehead atoms. The lowest BCUT2D eigenvalue weighted by Gasteiger charge is -2.29. The number of nitrogens with zero attached hydrogens (tertiary/aromatic N) is 4. The van der Waals surface area contributed by atoms with Gasteiger partial charge in [0.1, 0.15) is 11.3 Å². The van der Waals surface area contributed by atoms with Crippen LogP contribution in [0.2, 0.25) is 0 Å². The standard InChI is InChI=1S/C25H24N4O2S/c1-17-14-20(7-9-22(17)26-4)29-23(30)25(2,3)28(24(29)32)12-5-13-31-21-8-6-18-10-11-27-16-19(18)15-21/h6-11,14-16H,5,12-13H2,1-3H3. The second-order valence-corrected chi connectivity index (χ2v) is 8.67. The highest BCUT2D eigenvalue weighted by Gasteiger charge is 2.49. The molecule has 0 saturated carbocycles. The molecule has 0 atom stereocenters. The number of ether oxygens (including phenoxy) is 1. The molecular formula is C25H24N4O2S. The molecule has 1 saturated heterocycles. The number of thiocarbonyl (C=S) groups is 1. The summed E-state index contributed by atoms with van der Waals surface area (Å²) in [6.07, 6.45) is 4.31. The summed E-state index contributed by atoms with van der Waals surface area (Å²) in [6, 6.07) is 13.3. The molecule has 1 amide bonds.